The van der Waals surface area contributed by atoms with Gasteiger partial charge in [-0.2, -0.15) is 4.31 Å². The third-order valence-electron chi connectivity index (χ3n) is 3.26. The highest BCUT2D eigenvalue weighted by molar-refractivity contribution is 9.10. The van der Waals surface area contributed by atoms with E-state index in [2.05, 4.69) is 20.8 Å². The summed E-state index contributed by atoms with van der Waals surface area (Å²) in [6, 6.07) is 5.77. The fourth-order valence-electron chi connectivity index (χ4n) is 2.25. The number of aliphatic hydroxyl groups excluding tert-OH is 1. The summed E-state index contributed by atoms with van der Waals surface area (Å²) in [6.07, 6.45) is 1.24. The Bertz CT molecular complexity index is 554. The van der Waals surface area contributed by atoms with Gasteiger partial charge in [0.15, 0.2) is 0 Å². The first-order chi connectivity index (χ1) is 8.91. The zero-order chi connectivity index (χ0) is 14.0. The van der Waals surface area contributed by atoms with Crippen molar-refractivity contribution in [3.63, 3.8) is 0 Å². The summed E-state index contributed by atoms with van der Waals surface area (Å²) in [5.74, 6) is 0. The molecule has 106 valence electrons. The topological polar surface area (TPSA) is 60.9 Å². The summed E-state index contributed by atoms with van der Waals surface area (Å²) < 4.78 is 25.3. The quantitative estimate of drug-likeness (QED) is 0.885. The molecule has 7 heteroatoms. The zero-order valence-corrected chi connectivity index (χ0v) is 13.1. The minimum Gasteiger partial charge on any atom is -0.392 e. The van der Waals surface area contributed by atoms with Crippen LogP contribution in [0.15, 0.2) is 22.7 Å². The van der Waals surface area contributed by atoms with Crippen LogP contribution in [0.4, 0.5) is 5.69 Å². The summed E-state index contributed by atoms with van der Waals surface area (Å²) in [5.41, 5.74) is 1.82. The van der Waals surface area contributed by atoms with Gasteiger partial charge in [-0.25, -0.2) is 8.42 Å². The van der Waals surface area contributed by atoms with Gasteiger partial charge >= 0.3 is 0 Å². The summed E-state index contributed by atoms with van der Waals surface area (Å²) in [4.78, 5) is 2.11. The normalized spacial score (nSPS) is 17.7. The predicted octanol–water partition coefficient (Wildman–Crippen LogP) is 1.02. The largest absolute Gasteiger partial charge is 0.392 e. The first kappa shape index (κ1) is 14.8. The minimum absolute atomic E-state index is 0.0267. The average Bonchev–Trinajstić information content (AvgIpc) is 2.37. The average molecular weight is 349 g/mol. The second-order valence-corrected chi connectivity index (χ2v) is 7.48. The second-order valence-electron chi connectivity index (χ2n) is 4.58. The number of piperazine rings is 1. The van der Waals surface area contributed by atoms with E-state index in [-0.39, 0.29) is 6.61 Å². The van der Waals surface area contributed by atoms with Crippen LogP contribution in [0.5, 0.6) is 0 Å². The third-order valence-corrected chi connectivity index (χ3v) is 5.06. The molecule has 0 saturated carbocycles. The number of benzene rings is 1. The maximum absolute atomic E-state index is 11.5. The molecular formula is C12H17BrN2O3S. The van der Waals surface area contributed by atoms with E-state index in [1.54, 1.807) is 0 Å². The smallest absolute Gasteiger partial charge is 0.211 e. The van der Waals surface area contributed by atoms with Crippen molar-refractivity contribution in [1.82, 2.24) is 4.31 Å². The Labute approximate surface area is 122 Å². The minimum atomic E-state index is -3.10. The predicted molar refractivity (Wildman–Crippen MR) is 78.7 cm³/mol. The van der Waals surface area contributed by atoms with Crippen molar-refractivity contribution in [3.05, 3.63) is 28.2 Å². The molecule has 0 amide bonds. The van der Waals surface area contributed by atoms with E-state index < -0.39 is 10.0 Å². The molecule has 1 heterocycles. The second kappa shape index (κ2) is 5.78. The molecule has 1 aliphatic rings. The molecule has 1 fully saturated rings. The molecule has 0 aromatic heterocycles. The highest BCUT2D eigenvalue weighted by Gasteiger charge is 2.24. The van der Waals surface area contributed by atoms with Gasteiger partial charge in [-0.05, 0) is 18.2 Å². The van der Waals surface area contributed by atoms with Crippen LogP contribution < -0.4 is 4.90 Å². The number of rotatable bonds is 3. The van der Waals surface area contributed by atoms with Crippen LogP contribution in [0.25, 0.3) is 0 Å². The summed E-state index contributed by atoms with van der Waals surface area (Å²) in [6.45, 7) is 2.23. The van der Waals surface area contributed by atoms with Crippen LogP contribution in [-0.4, -0.2) is 50.3 Å². The summed E-state index contributed by atoms with van der Waals surface area (Å²) >= 11 is 3.38. The van der Waals surface area contributed by atoms with Gasteiger partial charge in [-0.15, -0.1) is 0 Å². The number of anilines is 1. The molecule has 1 aromatic carbocycles. The summed E-state index contributed by atoms with van der Waals surface area (Å²) in [7, 11) is -3.10. The number of hydrogen-bond donors (Lipinski definition) is 1. The lowest BCUT2D eigenvalue weighted by molar-refractivity contribution is 0.281. The van der Waals surface area contributed by atoms with Gasteiger partial charge in [0.1, 0.15) is 0 Å². The zero-order valence-electron chi connectivity index (χ0n) is 10.7. The molecule has 0 bridgehead atoms. The molecule has 0 aliphatic carbocycles. The molecule has 2 rings (SSSR count). The summed E-state index contributed by atoms with van der Waals surface area (Å²) in [5, 5.41) is 9.40. The number of hydrogen-bond acceptors (Lipinski definition) is 4. The van der Waals surface area contributed by atoms with Crippen LogP contribution in [0, 0.1) is 0 Å². The number of aliphatic hydroxyl groups is 1. The highest BCUT2D eigenvalue weighted by atomic mass is 79.9. The van der Waals surface area contributed by atoms with E-state index in [9.17, 15) is 13.5 Å². The van der Waals surface area contributed by atoms with Crippen LogP contribution in [0.2, 0.25) is 0 Å². The van der Waals surface area contributed by atoms with Gasteiger partial charge in [0, 0.05) is 41.9 Å². The van der Waals surface area contributed by atoms with Crippen molar-refractivity contribution in [2.24, 2.45) is 0 Å². The van der Waals surface area contributed by atoms with Crippen molar-refractivity contribution in [2.75, 3.05) is 37.3 Å². The van der Waals surface area contributed by atoms with Gasteiger partial charge in [-0.3, -0.25) is 0 Å². The number of halogens is 1. The molecule has 0 unspecified atom stereocenters. The van der Waals surface area contributed by atoms with Crippen molar-refractivity contribution in [1.29, 1.82) is 0 Å². The fourth-order valence-corrected chi connectivity index (χ4v) is 3.48. The Hall–Kier alpha value is -0.630. The molecule has 0 spiro atoms. The third kappa shape index (κ3) is 3.47. The Morgan fingerprint density at radius 1 is 1.26 bits per heavy atom. The van der Waals surface area contributed by atoms with Gasteiger partial charge in [0.05, 0.1) is 12.9 Å². The molecule has 1 N–H and O–H groups in total. The molecule has 1 aromatic rings. The van der Waals surface area contributed by atoms with Crippen molar-refractivity contribution in [3.8, 4) is 0 Å². The van der Waals surface area contributed by atoms with Crippen molar-refractivity contribution in [2.45, 2.75) is 6.61 Å². The lowest BCUT2D eigenvalue weighted by Gasteiger charge is -2.35. The van der Waals surface area contributed by atoms with Crippen molar-refractivity contribution < 1.29 is 13.5 Å². The van der Waals surface area contributed by atoms with Gasteiger partial charge < -0.3 is 10.0 Å². The van der Waals surface area contributed by atoms with Gasteiger partial charge in [-0.1, -0.05) is 15.9 Å². The van der Waals surface area contributed by atoms with Crippen LogP contribution >= 0.6 is 15.9 Å². The maximum atomic E-state index is 11.5. The van der Waals surface area contributed by atoms with Gasteiger partial charge in [0.2, 0.25) is 10.0 Å². The molecule has 1 aliphatic heterocycles. The number of nitrogens with zero attached hydrogens (tertiary/aromatic N) is 2. The molecule has 19 heavy (non-hydrogen) atoms. The molecule has 0 atom stereocenters. The Morgan fingerprint density at radius 3 is 2.42 bits per heavy atom. The van der Waals surface area contributed by atoms with Crippen LogP contribution in [0.3, 0.4) is 0 Å². The highest BCUT2D eigenvalue weighted by Crippen LogP contribution is 2.26. The van der Waals surface area contributed by atoms with E-state index in [0.29, 0.717) is 26.2 Å². The molecule has 0 radical (unpaired) electrons. The van der Waals surface area contributed by atoms with Gasteiger partial charge in [0.25, 0.3) is 0 Å². The lowest BCUT2D eigenvalue weighted by atomic mass is 10.1. The number of sulfonamides is 1. The fraction of sp³-hybridized carbons (Fsp3) is 0.500. The molecule has 1 saturated heterocycles. The first-order valence-electron chi connectivity index (χ1n) is 6.01. The lowest BCUT2D eigenvalue weighted by Crippen LogP contribution is -2.48. The molecule has 5 nitrogen and oxygen atoms in total. The van der Waals surface area contributed by atoms with E-state index in [4.69, 9.17) is 0 Å². The standard InChI is InChI=1S/C12H17BrN2O3S/c1-19(17,18)15-6-4-14(5-7-15)12-3-2-11(13)8-10(12)9-16/h2-3,8,16H,4-7,9H2,1H3. The van der Waals surface area contributed by atoms with Crippen LogP contribution in [-0.2, 0) is 16.6 Å². The Kier molecular flexibility index (Phi) is 4.50. The SMILES string of the molecule is CS(=O)(=O)N1CCN(c2ccc(Br)cc2CO)CC1. The monoisotopic (exact) mass is 348 g/mol. The van der Waals surface area contributed by atoms with E-state index in [0.717, 1.165) is 15.7 Å². The Balaban J connectivity index is 2.14. The van der Waals surface area contributed by atoms with Crippen LogP contribution in [0.1, 0.15) is 5.56 Å². The first-order valence-corrected chi connectivity index (χ1v) is 8.65. The molecular weight excluding hydrogens is 332 g/mol. The van der Waals surface area contributed by atoms with E-state index in [1.165, 1.54) is 10.6 Å². The Morgan fingerprint density at radius 2 is 1.89 bits per heavy atom. The van der Waals surface area contributed by atoms with E-state index >= 15 is 0 Å². The van der Waals surface area contributed by atoms with Crippen molar-refractivity contribution >= 4 is 31.6 Å². The van der Waals surface area contributed by atoms with E-state index in [1.807, 2.05) is 18.2 Å². The maximum Gasteiger partial charge on any atom is 0.211 e.